The fraction of sp³-hybridized carbons (Fsp3) is 0.208. The Kier molecular flexibility index (Phi) is 6.51. The minimum atomic E-state index is -0.758. The highest BCUT2D eigenvalue weighted by Gasteiger charge is 2.53. The zero-order chi connectivity index (χ0) is 24.7. The molecule has 1 aliphatic carbocycles. The van der Waals surface area contributed by atoms with Crippen molar-refractivity contribution >= 4 is 84.6 Å². The second kappa shape index (κ2) is 9.45. The van der Waals surface area contributed by atoms with E-state index < -0.39 is 23.6 Å². The Morgan fingerprint density at radius 1 is 1.20 bits per heavy atom. The number of rotatable bonds is 5. The van der Waals surface area contributed by atoms with Crippen LogP contribution in [0.25, 0.3) is 9.40 Å². The number of nitrogens with one attached hydrogen (secondary N) is 1. The highest BCUT2D eigenvalue weighted by Crippen LogP contribution is 2.52. The minimum Gasteiger partial charge on any atom is -0.481 e. The molecule has 1 unspecified atom stereocenters. The molecule has 3 aromatic heterocycles. The van der Waals surface area contributed by atoms with Crippen LogP contribution in [0.15, 0.2) is 36.4 Å². The number of carbonyl (C=O) groups is 2. The summed E-state index contributed by atoms with van der Waals surface area (Å²) in [5.74, 6) is 5.28. The van der Waals surface area contributed by atoms with E-state index in [4.69, 9.17) is 27.9 Å². The van der Waals surface area contributed by atoms with E-state index in [-0.39, 0.29) is 4.34 Å². The van der Waals surface area contributed by atoms with Crippen LogP contribution < -0.4 is 5.32 Å². The summed E-state index contributed by atoms with van der Waals surface area (Å²) in [6.07, 6.45) is 0.105. The van der Waals surface area contributed by atoms with Gasteiger partial charge in [-0.15, -0.1) is 22.7 Å². The maximum Gasteiger partial charge on any atom is 0.412 e. The number of amides is 1. The van der Waals surface area contributed by atoms with E-state index in [1.807, 2.05) is 18.2 Å². The molecule has 0 saturated heterocycles. The molecule has 2 N–H and O–H groups in total. The molecule has 0 radical (unpaired) electrons. The third-order valence-corrected chi connectivity index (χ3v) is 9.54. The normalized spacial score (nSPS) is 14.7. The smallest absolute Gasteiger partial charge is 0.412 e. The number of carbonyl (C=O) groups excluding carboxylic acids is 1. The number of anilines is 1. The monoisotopic (exact) mass is 562 g/mol. The first-order chi connectivity index (χ1) is 16.8. The summed E-state index contributed by atoms with van der Waals surface area (Å²) < 4.78 is 11.0. The van der Waals surface area contributed by atoms with E-state index in [1.54, 1.807) is 25.1 Å². The second-order valence-corrected chi connectivity index (χ2v) is 12.1. The Morgan fingerprint density at radius 2 is 1.97 bits per heavy atom. The molecule has 5 rings (SSSR count). The van der Waals surface area contributed by atoms with Crippen molar-refractivity contribution < 1.29 is 19.4 Å². The molecule has 0 bridgehead atoms. The lowest BCUT2D eigenvalue weighted by atomic mass is 10.1. The summed E-state index contributed by atoms with van der Waals surface area (Å²) in [5.41, 5.74) is 0.613. The molecule has 1 atom stereocenters. The predicted molar refractivity (Wildman–Crippen MR) is 141 cm³/mol. The van der Waals surface area contributed by atoms with Crippen LogP contribution in [0.5, 0.6) is 0 Å². The lowest BCUT2D eigenvalue weighted by molar-refractivity contribution is -0.139. The van der Waals surface area contributed by atoms with E-state index >= 15 is 0 Å². The molecule has 3 heterocycles. The number of benzene rings is 1. The van der Waals surface area contributed by atoms with Gasteiger partial charge in [-0.3, -0.25) is 10.1 Å². The van der Waals surface area contributed by atoms with Crippen LogP contribution in [-0.2, 0) is 14.9 Å². The van der Waals surface area contributed by atoms with Gasteiger partial charge in [-0.1, -0.05) is 41.4 Å². The molecule has 1 aliphatic rings. The topological polar surface area (TPSA) is 88.5 Å². The van der Waals surface area contributed by atoms with E-state index in [1.165, 1.54) is 22.7 Å². The predicted octanol–water partition coefficient (Wildman–Crippen LogP) is 7.55. The molecule has 11 heteroatoms. The van der Waals surface area contributed by atoms with Crippen LogP contribution >= 0.6 is 57.4 Å². The molecule has 1 saturated carbocycles. The Labute approximate surface area is 222 Å². The van der Waals surface area contributed by atoms with Crippen molar-refractivity contribution in [3.63, 3.8) is 0 Å². The molecule has 1 fully saturated rings. The summed E-state index contributed by atoms with van der Waals surface area (Å²) >= 11 is 16.4. The summed E-state index contributed by atoms with van der Waals surface area (Å²) in [6.45, 7) is 1.73. The van der Waals surface area contributed by atoms with Gasteiger partial charge in [0.05, 0.1) is 8.89 Å². The van der Waals surface area contributed by atoms with Gasteiger partial charge in [-0.05, 0) is 61.3 Å². The Morgan fingerprint density at radius 3 is 2.66 bits per heavy atom. The molecule has 6 nitrogen and oxygen atoms in total. The van der Waals surface area contributed by atoms with Crippen LogP contribution in [0.2, 0.25) is 9.36 Å². The fourth-order valence-corrected chi connectivity index (χ4v) is 7.19. The zero-order valence-corrected chi connectivity index (χ0v) is 22.0. The molecule has 0 aliphatic heterocycles. The second-order valence-electron chi connectivity index (χ2n) is 7.98. The van der Waals surface area contributed by atoms with E-state index in [0.717, 1.165) is 30.7 Å². The van der Waals surface area contributed by atoms with Crippen molar-refractivity contribution in [1.82, 2.24) is 4.37 Å². The first-order valence-corrected chi connectivity index (χ1v) is 13.6. The quantitative estimate of drug-likeness (QED) is 0.245. The van der Waals surface area contributed by atoms with Gasteiger partial charge in [0.15, 0.2) is 5.69 Å². The third-order valence-electron chi connectivity index (χ3n) is 5.65. The number of carboxylic acids is 1. The maximum absolute atomic E-state index is 12.5. The molecule has 1 amide bonds. The summed E-state index contributed by atoms with van der Waals surface area (Å²) in [6, 6.07) is 11.0. The van der Waals surface area contributed by atoms with Gasteiger partial charge in [0.25, 0.3) is 0 Å². The van der Waals surface area contributed by atoms with Crippen LogP contribution in [0.4, 0.5) is 10.5 Å². The van der Waals surface area contributed by atoms with Crippen molar-refractivity contribution in [3.8, 4) is 11.8 Å². The van der Waals surface area contributed by atoms with Crippen molar-refractivity contribution in [2.75, 3.05) is 5.32 Å². The van der Waals surface area contributed by atoms with Gasteiger partial charge in [-0.25, -0.2) is 4.79 Å². The summed E-state index contributed by atoms with van der Waals surface area (Å²) in [7, 11) is 0. The number of carboxylic acid groups (broad SMARTS) is 1. The van der Waals surface area contributed by atoms with Gasteiger partial charge in [0.1, 0.15) is 21.5 Å². The summed E-state index contributed by atoms with van der Waals surface area (Å²) in [4.78, 5) is 25.8. The van der Waals surface area contributed by atoms with Crippen LogP contribution in [0.3, 0.4) is 0 Å². The standard InChI is InChI=1S/C24H16Cl2N2O4S3/c1-12(15-4-2-3-5-16(15)25)32-23(31)27-19-17(28-35-20(19)26)7-6-14-10-13-11-18(34-21(13)33-14)24(8-9-24)22(29)30/h2-5,10-12H,8-9H2,1H3,(H,27,31)(H,29,30). The number of nitrogens with zero attached hydrogens (tertiary/aromatic N) is 1. The largest absolute Gasteiger partial charge is 0.481 e. The molecule has 0 spiro atoms. The Hall–Kier alpha value is -2.61. The number of ether oxygens (including phenoxy) is 1. The van der Waals surface area contributed by atoms with Crippen molar-refractivity contribution in [2.45, 2.75) is 31.3 Å². The molecule has 178 valence electrons. The van der Waals surface area contributed by atoms with Crippen LogP contribution in [-0.4, -0.2) is 21.5 Å². The Balaban J connectivity index is 1.30. The average Bonchev–Trinajstić information content (AvgIpc) is 3.25. The van der Waals surface area contributed by atoms with E-state index in [2.05, 4.69) is 21.5 Å². The van der Waals surface area contributed by atoms with Gasteiger partial charge < -0.3 is 9.84 Å². The highest BCUT2D eigenvalue weighted by atomic mass is 35.5. The number of fused-ring (bicyclic) bond motifs is 1. The highest BCUT2D eigenvalue weighted by molar-refractivity contribution is 7.38. The molecular formula is C24H16Cl2N2O4S3. The minimum absolute atomic E-state index is 0.289. The van der Waals surface area contributed by atoms with Crippen LogP contribution in [0, 0.1) is 11.8 Å². The lowest BCUT2D eigenvalue weighted by Crippen LogP contribution is -2.17. The van der Waals surface area contributed by atoms with Gasteiger partial charge in [-0.2, -0.15) is 4.37 Å². The summed E-state index contributed by atoms with van der Waals surface area (Å²) in [5, 5.41) is 13.6. The van der Waals surface area contributed by atoms with Crippen molar-refractivity contribution in [1.29, 1.82) is 0 Å². The van der Waals surface area contributed by atoms with E-state index in [0.29, 0.717) is 34.8 Å². The number of aliphatic carboxylic acids is 1. The molecule has 1 aromatic carbocycles. The lowest BCUT2D eigenvalue weighted by Gasteiger charge is -2.15. The van der Waals surface area contributed by atoms with Crippen LogP contribution in [0.1, 0.15) is 46.9 Å². The number of hydrogen-bond donors (Lipinski definition) is 2. The van der Waals surface area contributed by atoms with Crippen molar-refractivity contribution in [2.24, 2.45) is 0 Å². The van der Waals surface area contributed by atoms with E-state index in [9.17, 15) is 14.7 Å². The van der Waals surface area contributed by atoms with Gasteiger partial charge in [0.2, 0.25) is 0 Å². The third kappa shape index (κ3) is 4.77. The Bertz CT molecular complexity index is 1490. The maximum atomic E-state index is 12.5. The SMILES string of the molecule is CC(OC(=O)Nc1c(C#Cc2cc3cc(C4(C(=O)O)CC4)sc3s2)nsc1Cl)c1ccccc1Cl. The van der Waals surface area contributed by atoms with Gasteiger partial charge in [0, 0.05) is 20.8 Å². The van der Waals surface area contributed by atoms with Crippen molar-refractivity contribution in [3.05, 3.63) is 66.8 Å². The number of halogens is 2. The first-order valence-electron chi connectivity index (χ1n) is 10.4. The van der Waals surface area contributed by atoms with Gasteiger partial charge >= 0.3 is 12.1 Å². The zero-order valence-electron chi connectivity index (χ0n) is 18.1. The number of thiophene rings is 2. The number of aromatic nitrogens is 1. The average molecular weight is 564 g/mol. The molecule has 35 heavy (non-hydrogen) atoms. The molecular weight excluding hydrogens is 547 g/mol. The fourth-order valence-electron chi connectivity index (χ4n) is 3.57. The molecule has 4 aromatic rings. The first kappa shape index (κ1) is 24.1. The number of hydrogen-bond acceptors (Lipinski definition) is 7.